The van der Waals surface area contributed by atoms with Crippen molar-refractivity contribution in [2.45, 2.75) is 38.6 Å². The number of aromatic carboxylic acids is 1. The van der Waals surface area contributed by atoms with Crippen LogP contribution in [-0.2, 0) is 24.4 Å². The van der Waals surface area contributed by atoms with Crippen LogP contribution in [0.3, 0.4) is 0 Å². The lowest BCUT2D eigenvalue weighted by Crippen LogP contribution is -2.33. The molecule has 0 bridgehead atoms. The summed E-state index contributed by atoms with van der Waals surface area (Å²) in [4.78, 5) is 18.5. The quantitative estimate of drug-likeness (QED) is 0.250. The molecule has 1 aromatic heterocycles. The van der Waals surface area contributed by atoms with Crippen molar-refractivity contribution in [2.75, 3.05) is 19.7 Å². The van der Waals surface area contributed by atoms with Gasteiger partial charge in [-0.15, -0.1) is 0 Å². The second-order valence-corrected chi connectivity index (χ2v) is 10.7. The molecule has 2 aliphatic rings. The molecule has 0 amide bonds. The summed E-state index contributed by atoms with van der Waals surface area (Å²) in [5.74, 6) is -1.15. The van der Waals surface area contributed by atoms with Gasteiger partial charge in [0.1, 0.15) is 29.5 Å². The van der Waals surface area contributed by atoms with Crippen molar-refractivity contribution < 1.29 is 28.2 Å². The molecule has 1 N–H and O–H groups in total. The Morgan fingerprint density at radius 1 is 1.17 bits per heavy atom. The van der Waals surface area contributed by atoms with Crippen LogP contribution in [0.1, 0.15) is 40.2 Å². The number of halogens is 3. The summed E-state index contributed by atoms with van der Waals surface area (Å²) in [5.41, 5.74) is 2.93. The average Bonchev–Trinajstić information content (AvgIpc) is 3.28. The number of rotatable bonds is 9. The maximum absolute atomic E-state index is 15.3. The molecular formula is C31H28ClF2N3O4. The Hall–Kier alpha value is -3.79. The number of carboxylic acid groups (broad SMARTS) is 1. The van der Waals surface area contributed by atoms with Crippen molar-refractivity contribution in [1.29, 1.82) is 0 Å². The Morgan fingerprint density at radius 3 is 2.73 bits per heavy atom. The summed E-state index contributed by atoms with van der Waals surface area (Å²) in [5, 5.41) is 9.77. The predicted molar refractivity (Wildman–Crippen MR) is 151 cm³/mol. The third-order valence-corrected chi connectivity index (χ3v) is 7.84. The fourth-order valence-electron chi connectivity index (χ4n) is 5.25. The monoisotopic (exact) mass is 579 g/mol. The van der Waals surface area contributed by atoms with Crippen LogP contribution in [0.4, 0.5) is 8.78 Å². The van der Waals surface area contributed by atoms with Crippen LogP contribution in [-0.4, -0.2) is 51.3 Å². The first-order chi connectivity index (χ1) is 19.9. The number of hydrogen-bond acceptors (Lipinski definition) is 5. The van der Waals surface area contributed by atoms with Gasteiger partial charge in [-0.2, -0.15) is 0 Å². The van der Waals surface area contributed by atoms with E-state index in [9.17, 15) is 14.3 Å². The Kier molecular flexibility index (Phi) is 7.75. The Balaban J connectivity index is 1.17. The zero-order chi connectivity index (χ0) is 28.5. The molecule has 3 heterocycles. The highest BCUT2D eigenvalue weighted by atomic mass is 35.5. The first-order valence-electron chi connectivity index (χ1n) is 13.5. The molecule has 0 spiro atoms. The summed E-state index contributed by atoms with van der Waals surface area (Å²) in [6, 6.07) is 15.1. The van der Waals surface area contributed by atoms with Gasteiger partial charge in [-0.3, -0.25) is 4.90 Å². The molecule has 41 heavy (non-hydrogen) atoms. The van der Waals surface area contributed by atoms with E-state index in [1.54, 1.807) is 22.8 Å². The predicted octanol–water partition coefficient (Wildman–Crippen LogP) is 6.32. The van der Waals surface area contributed by atoms with E-state index < -0.39 is 17.6 Å². The maximum atomic E-state index is 15.3. The number of imidazole rings is 1. The van der Waals surface area contributed by atoms with Crippen molar-refractivity contribution >= 4 is 34.2 Å². The van der Waals surface area contributed by atoms with Gasteiger partial charge in [0.25, 0.3) is 0 Å². The summed E-state index contributed by atoms with van der Waals surface area (Å²) in [6.45, 7) is 3.11. The number of hydrogen-bond donors (Lipinski definition) is 1. The molecule has 2 aliphatic heterocycles. The van der Waals surface area contributed by atoms with Gasteiger partial charge >= 0.3 is 5.97 Å². The van der Waals surface area contributed by atoms with Gasteiger partial charge in [0, 0.05) is 30.3 Å². The Morgan fingerprint density at radius 2 is 2.02 bits per heavy atom. The lowest BCUT2D eigenvalue weighted by Gasteiger charge is -2.29. The van der Waals surface area contributed by atoms with Gasteiger partial charge in [-0.05, 0) is 60.4 Å². The second-order valence-electron chi connectivity index (χ2n) is 10.3. The second kappa shape index (κ2) is 11.6. The number of fused-ring (bicyclic) bond motifs is 1. The molecular weight excluding hydrogens is 552 g/mol. The zero-order valence-corrected chi connectivity index (χ0v) is 22.9. The first kappa shape index (κ1) is 27.4. The Labute approximate surface area is 240 Å². The number of ether oxygens (including phenoxy) is 2. The van der Waals surface area contributed by atoms with E-state index in [1.807, 2.05) is 24.3 Å². The van der Waals surface area contributed by atoms with Crippen LogP contribution in [0.25, 0.3) is 16.6 Å². The summed E-state index contributed by atoms with van der Waals surface area (Å²) in [7, 11) is 0. The number of carbonyl (C=O) groups is 1. The molecule has 0 saturated carbocycles. The standard InChI is InChI=1S/C31H28ClF2N3O4/c32-22-5-4-21(26(33)15-22)18-41-23-3-1-2-20(14-23)19-8-11-36(12-9-19)17-28-35-27-7-6-25(31(38)39)29(34)30(27)37(28)16-24-10-13-40-24/h1-8,14-15,24H,9-13,16-18H2,(H,38,39). The van der Waals surface area contributed by atoms with E-state index in [0.29, 0.717) is 53.9 Å². The lowest BCUT2D eigenvalue weighted by atomic mass is 9.99. The van der Waals surface area contributed by atoms with Crippen molar-refractivity contribution in [2.24, 2.45) is 0 Å². The minimum atomic E-state index is -1.31. The fraction of sp³-hybridized carbons (Fsp3) is 0.290. The molecule has 1 atom stereocenters. The van der Waals surface area contributed by atoms with Crippen LogP contribution >= 0.6 is 11.6 Å². The van der Waals surface area contributed by atoms with Crippen LogP contribution < -0.4 is 4.74 Å². The largest absolute Gasteiger partial charge is 0.489 e. The normalized spacial score (nSPS) is 17.3. The third-order valence-electron chi connectivity index (χ3n) is 7.61. The minimum absolute atomic E-state index is 0.0439. The van der Waals surface area contributed by atoms with Crippen LogP contribution in [0.2, 0.25) is 5.02 Å². The van der Waals surface area contributed by atoms with Crippen molar-refractivity contribution in [3.05, 3.63) is 99.8 Å². The molecule has 6 rings (SSSR count). The number of aromatic nitrogens is 2. The van der Waals surface area contributed by atoms with Crippen LogP contribution in [0.5, 0.6) is 5.75 Å². The zero-order valence-electron chi connectivity index (χ0n) is 22.2. The van der Waals surface area contributed by atoms with Crippen molar-refractivity contribution in [3.8, 4) is 5.75 Å². The van der Waals surface area contributed by atoms with Crippen molar-refractivity contribution in [1.82, 2.24) is 14.5 Å². The topological polar surface area (TPSA) is 76.8 Å². The summed E-state index contributed by atoms with van der Waals surface area (Å²) >= 11 is 5.84. The van der Waals surface area contributed by atoms with E-state index in [2.05, 4.69) is 16.0 Å². The molecule has 7 nitrogen and oxygen atoms in total. The maximum Gasteiger partial charge on any atom is 0.338 e. The summed E-state index contributed by atoms with van der Waals surface area (Å²) in [6.07, 6.45) is 3.77. The van der Waals surface area contributed by atoms with E-state index >= 15 is 4.39 Å². The number of carboxylic acids is 1. The van der Waals surface area contributed by atoms with E-state index in [0.717, 1.165) is 24.9 Å². The molecule has 1 unspecified atom stereocenters. The SMILES string of the molecule is O=C(O)c1ccc2nc(CN3CC=C(c4cccc(OCc5ccc(Cl)cc5F)c4)CC3)n(CC3CCO3)c2c1F. The van der Waals surface area contributed by atoms with Crippen molar-refractivity contribution in [3.63, 3.8) is 0 Å². The van der Waals surface area contributed by atoms with Gasteiger partial charge in [-0.25, -0.2) is 18.6 Å². The van der Waals surface area contributed by atoms with Crippen LogP contribution in [0, 0.1) is 11.6 Å². The molecule has 1 saturated heterocycles. The molecule has 3 aromatic carbocycles. The first-order valence-corrected chi connectivity index (χ1v) is 13.8. The smallest absolute Gasteiger partial charge is 0.338 e. The van der Waals surface area contributed by atoms with Gasteiger partial charge in [0.2, 0.25) is 0 Å². The molecule has 0 radical (unpaired) electrons. The van der Waals surface area contributed by atoms with Gasteiger partial charge in [0.05, 0.1) is 30.3 Å². The highest BCUT2D eigenvalue weighted by Gasteiger charge is 2.26. The molecule has 0 aliphatic carbocycles. The highest BCUT2D eigenvalue weighted by molar-refractivity contribution is 6.30. The van der Waals surface area contributed by atoms with Gasteiger partial charge < -0.3 is 19.1 Å². The van der Waals surface area contributed by atoms with E-state index in [1.165, 1.54) is 17.7 Å². The minimum Gasteiger partial charge on any atom is -0.489 e. The van der Waals surface area contributed by atoms with Gasteiger partial charge in [-0.1, -0.05) is 35.9 Å². The van der Waals surface area contributed by atoms with Gasteiger partial charge in [0.15, 0.2) is 5.82 Å². The molecule has 1 fully saturated rings. The Bertz CT molecular complexity index is 1650. The summed E-state index contributed by atoms with van der Waals surface area (Å²) < 4.78 is 42.6. The van der Waals surface area contributed by atoms with E-state index in [-0.39, 0.29) is 23.8 Å². The third kappa shape index (κ3) is 5.84. The van der Waals surface area contributed by atoms with Crippen LogP contribution in [0.15, 0.2) is 60.7 Å². The number of nitrogens with zero attached hydrogens (tertiary/aromatic N) is 3. The van der Waals surface area contributed by atoms with E-state index in [4.69, 9.17) is 21.1 Å². The lowest BCUT2D eigenvalue weighted by molar-refractivity contribution is -0.0592. The number of benzene rings is 3. The molecule has 10 heteroatoms. The average molecular weight is 580 g/mol. The highest BCUT2D eigenvalue weighted by Crippen LogP contribution is 2.29. The fourth-order valence-corrected chi connectivity index (χ4v) is 5.41. The molecule has 4 aromatic rings. The molecule has 212 valence electrons.